The van der Waals surface area contributed by atoms with E-state index in [9.17, 15) is 14.7 Å². The number of aliphatic hydroxyl groups is 1. The summed E-state index contributed by atoms with van der Waals surface area (Å²) in [6, 6.07) is 0. The van der Waals surface area contributed by atoms with Crippen LogP contribution in [0.25, 0.3) is 0 Å². The first-order valence-corrected chi connectivity index (χ1v) is 6.75. The first-order valence-electron chi connectivity index (χ1n) is 6.75. The molecule has 2 aliphatic rings. The van der Waals surface area contributed by atoms with E-state index in [2.05, 4.69) is 13.2 Å². The second-order valence-electron chi connectivity index (χ2n) is 5.94. The highest BCUT2D eigenvalue weighted by Crippen LogP contribution is 2.54. The van der Waals surface area contributed by atoms with E-state index in [4.69, 9.17) is 9.47 Å². The fourth-order valence-electron chi connectivity index (χ4n) is 3.25. The normalized spacial score (nSPS) is 35.0. The molecule has 0 aromatic rings. The van der Waals surface area contributed by atoms with E-state index in [0.717, 1.165) is 0 Å². The molecule has 0 aromatic heterocycles. The van der Waals surface area contributed by atoms with Gasteiger partial charge in [-0.25, -0.2) is 9.59 Å². The summed E-state index contributed by atoms with van der Waals surface area (Å²) in [6.45, 7) is 11.1. The highest BCUT2D eigenvalue weighted by atomic mass is 16.7. The van der Waals surface area contributed by atoms with Crippen LogP contribution in [-0.4, -0.2) is 29.9 Å². The van der Waals surface area contributed by atoms with Gasteiger partial charge in [0.05, 0.1) is 7.11 Å². The molecule has 0 unspecified atom stereocenters. The maximum Gasteiger partial charge on any atom is 0.336 e. The van der Waals surface area contributed by atoms with Crippen molar-refractivity contribution < 1.29 is 24.2 Å². The van der Waals surface area contributed by atoms with Crippen LogP contribution >= 0.6 is 0 Å². The Morgan fingerprint density at radius 2 is 2.19 bits per heavy atom. The van der Waals surface area contributed by atoms with Crippen molar-refractivity contribution in [2.75, 3.05) is 7.11 Å². The van der Waals surface area contributed by atoms with Gasteiger partial charge in [-0.15, -0.1) is 6.58 Å². The maximum atomic E-state index is 11.8. The van der Waals surface area contributed by atoms with Crippen molar-refractivity contribution in [1.29, 1.82) is 0 Å². The molecule has 1 N–H and O–H groups in total. The third-order valence-corrected chi connectivity index (χ3v) is 4.65. The number of fused-ring (bicyclic) bond motifs is 1. The zero-order valence-electron chi connectivity index (χ0n) is 12.6. The van der Waals surface area contributed by atoms with Gasteiger partial charge in [-0.2, -0.15) is 0 Å². The minimum Gasteiger partial charge on any atom is -0.466 e. The average Bonchev–Trinajstić information content (AvgIpc) is 2.65. The monoisotopic (exact) mass is 292 g/mol. The molecular formula is C16H20O5. The molecule has 0 amide bonds. The molecule has 1 aliphatic carbocycles. The summed E-state index contributed by atoms with van der Waals surface area (Å²) in [7, 11) is 1.30. The fraction of sp³-hybridized carbons (Fsp3) is 0.500. The molecule has 1 aliphatic heterocycles. The molecule has 5 nitrogen and oxygen atoms in total. The van der Waals surface area contributed by atoms with Crippen LogP contribution in [0.4, 0.5) is 0 Å². The highest BCUT2D eigenvalue weighted by molar-refractivity contribution is 5.93. The molecular weight excluding hydrogens is 272 g/mol. The van der Waals surface area contributed by atoms with Gasteiger partial charge in [-0.1, -0.05) is 19.6 Å². The molecule has 0 bridgehead atoms. The van der Waals surface area contributed by atoms with Crippen molar-refractivity contribution in [3.8, 4) is 0 Å². The number of rotatable bonds is 3. The van der Waals surface area contributed by atoms with Gasteiger partial charge in [0.1, 0.15) is 0 Å². The quantitative estimate of drug-likeness (QED) is 0.488. The number of hydrogen-bond donors (Lipinski definition) is 1. The standard InChI is InChI=1S/C16H20O5/c1-6-15(4)8-16(19)12(10(3)14(18)21-16)7-11(15)9(2)13(17)20-5/h6,11,19H,1-2,7-8H2,3-5H3/t11-,15-,16-/m0/s1. The minimum absolute atomic E-state index is 0.141. The van der Waals surface area contributed by atoms with Gasteiger partial charge in [-0.3, -0.25) is 0 Å². The zero-order chi connectivity index (χ0) is 16.0. The summed E-state index contributed by atoms with van der Waals surface area (Å²) in [5.41, 5.74) is 0.587. The number of ether oxygens (including phenoxy) is 2. The van der Waals surface area contributed by atoms with E-state index in [-0.39, 0.29) is 12.3 Å². The van der Waals surface area contributed by atoms with Crippen molar-refractivity contribution >= 4 is 11.9 Å². The second-order valence-corrected chi connectivity index (χ2v) is 5.94. The summed E-state index contributed by atoms with van der Waals surface area (Å²) in [5, 5.41) is 10.6. The lowest BCUT2D eigenvalue weighted by Gasteiger charge is -2.45. The van der Waals surface area contributed by atoms with Crippen LogP contribution in [0.1, 0.15) is 26.7 Å². The minimum atomic E-state index is -1.61. The van der Waals surface area contributed by atoms with Crippen LogP contribution < -0.4 is 0 Å². The molecule has 0 radical (unpaired) electrons. The third kappa shape index (κ3) is 2.21. The van der Waals surface area contributed by atoms with E-state index in [0.29, 0.717) is 23.1 Å². The largest absolute Gasteiger partial charge is 0.466 e. The molecule has 114 valence electrons. The summed E-state index contributed by atoms with van der Waals surface area (Å²) in [5.74, 6) is -2.94. The van der Waals surface area contributed by atoms with Crippen LogP contribution in [0, 0.1) is 11.3 Å². The SMILES string of the molecule is C=C[C@@]1(C)C[C@]2(O)OC(=O)C(C)=C2C[C@H]1C(=C)C(=O)OC. The van der Waals surface area contributed by atoms with Crippen LogP contribution in [0.2, 0.25) is 0 Å². The first-order chi connectivity index (χ1) is 9.68. The Morgan fingerprint density at radius 3 is 2.71 bits per heavy atom. The van der Waals surface area contributed by atoms with Crippen molar-refractivity contribution in [1.82, 2.24) is 0 Å². The first kappa shape index (κ1) is 15.5. The molecule has 21 heavy (non-hydrogen) atoms. The molecule has 1 saturated carbocycles. The number of carbonyl (C=O) groups excluding carboxylic acids is 2. The van der Waals surface area contributed by atoms with E-state index in [1.54, 1.807) is 13.0 Å². The Hall–Kier alpha value is -1.88. The summed E-state index contributed by atoms with van der Waals surface area (Å²) >= 11 is 0. The lowest BCUT2D eigenvalue weighted by atomic mass is 9.61. The van der Waals surface area contributed by atoms with Crippen LogP contribution in [0.5, 0.6) is 0 Å². The highest BCUT2D eigenvalue weighted by Gasteiger charge is 2.56. The van der Waals surface area contributed by atoms with Gasteiger partial charge in [0, 0.05) is 29.1 Å². The van der Waals surface area contributed by atoms with Gasteiger partial charge in [-0.05, 0) is 18.8 Å². The van der Waals surface area contributed by atoms with Crippen LogP contribution in [0.15, 0.2) is 36.0 Å². The number of allylic oxidation sites excluding steroid dienone is 1. The summed E-state index contributed by atoms with van der Waals surface area (Å²) in [4.78, 5) is 23.5. The molecule has 2 rings (SSSR count). The Morgan fingerprint density at radius 1 is 1.57 bits per heavy atom. The number of hydrogen-bond acceptors (Lipinski definition) is 5. The smallest absolute Gasteiger partial charge is 0.336 e. The maximum absolute atomic E-state index is 11.8. The Bertz CT molecular complexity index is 573. The fourth-order valence-corrected chi connectivity index (χ4v) is 3.25. The Labute approximate surface area is 123 Å². The lowest BCUT2D eigenvalue weighted by molar-refractivity contribution is -0.198. The lowest BCUT2D eigenvalue weighted by Crippen LogP contribution is -2.47. The van der Waals surface area contributed by atoms with E-state index in [1.165, 1.54) is 7.11 Å². The molecule has 0 aromatic carbocycles. The van der Waals surface area contributed by atoms with Crippen LogP contribution in [0.3, 0.4) is 0 Å². The number of esters is 2. The molecule has 0 saturated heterocycles. The Balaban J connectivity index is 2.47. The molecule has 3 atom stereocenters. The Kier molecular flexibility index (Phi) is 3.58. The third-order valence-electron chi connectivity index (χ3n) is 4.65. The molecule has 5 heteroatoms. The number of carbonyl (C=O) groups is 2. The molecule has 1 heterocycles. The summed E-state index contributed by atoms with van der Waals surface area (Å²) in [6.07, 6.45) is 2.12. The van der Waals surface area contributed by atoms with Crippen LogP contribution in [-0.2, 0) is 19.1 Å². The molecule has 1 fully saturated rings. The van der Waals surface area contributed by atoms with E-state index in [1.807, 2.05) is 6.92 Å². The summed E-state index contributed by atoms with van der Waals surface area (Å²) < 4.78 is 9.86. The van der Waals surface area contributed by atoms with Crippen molar-refractivity contribution in [3.63, 3.8) is 0 Å². The number of methoxy groups -OCH3 is 1. The second kappa shape index (κ2) is 4.84. The van der Waals surface area contributed by atoms with Gasteiger partial charge in [0.15, 0.2) is 0 Å². The van der Waals surface area contributed by atoms with Crippen molar-refractivity contribution in [3.05, 3.63) is 36.0 Å². The predicted molar refractivity (Wildman–Crippen MR) is 75.9 cm³/mol. The van der Waals surface area contributed by atoms with E-state index < -0.39 is 23.1 Å². The van der Waals surface area contributed by atoms with Crippen molar-refractivity contribution in [2.24, 2.45) is 11.3 Å². The molecule has 0 spiro atoms. The van der Waals surface area contributed by atoms with Gasteiger partial charge < -0.3 is 14.6 Å². The van der Waals surface area contributed by atoms with E-state index >= 15 is 0 Å². The van der Waals surface area contributed by atoms with Crippen molar-refractivity contribution in [2.45, 2.75) is 32.5 Å². The van der Waals surface area contributed by atoms with Gasteiger partial charge in [0.25, 0.3) is 0 Å². The average molecular weight is 292 g/mol. The topological polar surface area (TPSA) is 72.8 Å². The van der Waals surface area contributed by atoms with Gasteiger partial charge in [0.2, 0.25) is 5.79 Å². The van der Waals surface area contributed by atoms with Gasteiger partial charge >= 0.3 is 11.9 Å². The predicted octanol–water partition coefficient (Wildman–Crippen LogP) is 1.88. The zero-order valence-corrected chi connectivity index (χ0v) is 12.6.